The fourth-order valence-electron chi connectivity index (χ4n) is 3.14. The number of H-pyrrole nitrogens is 1. The van der Waals surface area contributed by atoms with E-state index < -0.39 is 0 Å². The van der Waals surface area contributed by atoms with Gasteiger partial charge in [0.2, 0.25) is 5.91 Å². The molecule has 2 aromatic carbocycles. The summed E-state index contributed by atoms with van der Waals surface area (Å²) in [5.41, 5.74) is 3.58. The third-order valence-corrected chi connectivity index (χ3v) is 4.70. The number of amides is 1. The zero-order valence-corrected chi connectivity index (χ0v) is 15.8. The summed E-state index contributed by atoms with van der Waals surface area (Å²) < 4.78 is 5.30. The van der Waals surface area contributed by atoms with Crippen molar-refractivity contribution in [3.05, 3.63) is 65.4 Å². The fourth-order valence-corrected chi connectivity index (χ4v) is 3.14. The molecule has 0 saturated heterocycles. The van der Waals surface area contributed by atoms with Gasteiger partial charge in [-0.15, -0.1) is 0 Å². The first-order chi connectivity index (χ1) is 13.0. The van der Waals surface area contributed by atoms with E-state index in [-0.39, 0.29) is 11.9 Å². The Bertz CT molecular complexity index is 981. The number of fused-ring (bicyclic) bond motifs is 1. The number of carbonyl (C=O) groups excluding carboxylic acids is 1. The molecule has 1 N–H and O–H groups in total. The van der Waals surface area contributed by atoms with Crippen LogP contribution >= 0.6 is 0 Å². The molecule has 0 aliphatic heterocycles. The van der Waals surface area contributed by atoms with E-state index in [4.69, 9.17) is 10.00 Å². The van der Waals surface area contributed by atoms with E-state index in [1.807, 2.05) is 55.3 Å². The van der Waals surface area contributed by atoms with E-state index in [0.29, 0.717) is 18.5 Å². The normalized spacial score (nSPS) is 10.8. The minimum Gasteiger partial charge on any atom is -0.497 e. The van der Waals surface area contributed by atoms with E-state index >= 15 is 0 Å². The van der Waals surface area contributed by atoms with Gasteiger partial charge in [-0.3, -0.25) is 4.79 Å². The van der Waals surface area contributed by atoms with Crippen molar-refractivity contribution in [2.45, 2.75) is 32.9 Å². The van der Waals surface area contributed by atoms with Crippen LogP contribution in [-0.2, 0) is 17.8 Å². The van der Waals surface area contributed by atoms with E-state index in [0.717, 1.165) is 27.8 Å². The summed E-state index contributed by atoms with van der Waals surface area (Å²) >= 11 is 0. The number of hydrogen-bond acceptors (Lipinski definition) is 3. The van der Waals surface area contributed by atoms with Crippen LogP contribution in [0.25, 0.3) is 10.9 Å². The quantitative estimate of drug-likeness (QED) is 0.721. The number of carbonyl (C=O) groups is 1. The summed E-state index contributed by atoms with van der Waals surface area (Å²) in [5.74, 6) is 0.840. The molecule has 138 valence electrons. The summed E-state index contributed by atoms with van der Waals surface area (Å²) in [5, 5.41) is 9.93. The van der Waals surface area contributed by atoms with Crippen LogP contribution in [0, 0.1) is 11.3 Å². The predicted octanol–water partition coefficient (Wildman–Crippen LogP) is 4.03. The molecule has 27 heavy (non-hydrogen) atoms. The minimum absolute atomic E-state index is 0.0677. The van der Waals surface area contributed by atoms with Crippen LogP contribution in [0.2, 0.25) is 0 Å². The molecule has 0 unspecified atom stereocenters. The minimum atomic E-state index is 0.0677. The topological polar surface area (TPSA) is 69.1 Å². The Balaban J connectivity index is 1.80. The van der Waals surface area contributed by atoms with Crippen LogP contribution in [0.4, 0.5) is 0 Å². The lowest BCUT2D eigenvalue weighted by Gasteiger charge is -2.27. The molecule has 1 heterocycles. The van der Waals surface area contributed by atoms with Gasteiger partial charge < -0.3 is 14.6 Å². The average molecular weight is 361 g/mol. The Hall–Kier alpha value is -3.26. The van der Waals surface area contributed by atoms with Gasteiger partial charge in [0.15, 0.2) is 0 Å². The maximum absolute atomic E-state index is 13.0. The van der Waals surface area contributed by atoms with Crippen LogP contribution < -0.4 is 4.74 Å². The average Bonchev–Trinajstić information content (AvgIpc) is 3.08. The van der Waals surface area contributed by atoms with Crippen LogP contribution in [0.5, 0.6) is 5.75 Å². The van der Waals surface area contributed by atoms with Crippen LogP contribution in [0.3, 0.4) is 0 Å². The smallest absolute Gasteiger partial charge is 0.227 e. The van der Waals surface area contributed by atoms with Gasteiger partial charge in [-0.05, 0) is 55.3 Å². The highest BCUT2D eigenvalue weighted by Gasteiger charge is 2.19. The Labute approximate surface area is 159 Å². The Kier molecular flexibility index (Phi) is 5.46. The molecule has 0 bridgehead atoms. The summed E-state index contributed by atoms with van der Waals surface area (Å²) in [4.78, 5) is 18.1. The lowest BCUT2D eigenvalue weighted by atomic mass is 10.1. The first-order valence-corrected chi connectivity index (χ1v) is 8.94. The third-order valence-electron chi connectivity index (χ3n) is 4.70. The summed E-state index contributed by atoms with van der Waals surface area (Å²) in [7, 11) is 1.64. The molecule has 0 aliphatic carbocycles. The van der Waals surface area contributed by atoms with Crippen molar-refractivity contribution in [2.24, 2.45) is 0 Å². The van der Waals surface area contributed by atoms with Crippen molar-refractivity contribution >= 4 is 16.8 Å². The SMILES string of the molecule is COc1ccc2[nH]cc(CC(=O)N(Cc3ccc(C#N)cc3)C(C)C)c2c1. The zero-order chi connectivity index (χ0) is 19.4. The van der Waals surface area contributed by atoms with Crippen LogP contribution in [0.15, 0.2) is 48.7 Å². The monoisotopic (exact) mass is 361 g/mol. The summed E-state index contributed by atoms with van der Waals surface area (Å²) in [6.45, 7) is 4.55. The molecular formula is C22H23N3O2. The van der Waals surface area contributed by atoms with Gasteiger partial charge in [-0.25, -0.2) is 0 Å². The van der Waals surface area contributed by atoms with Crippen molar-refractivity contribution in [2.75, 3.05) is 7.11 Å². The third kappa shape index (κ3) is 4.12. The maximum atomic E-state index is 13.0. The van der Waals surface area contributed by atoms with Crippen LogP contribution in [0.1, 0.15) is 30.5 Å². The number of nitriles is 1. The van der Waals surface area contributed by atoms with E-state index in [1.54, 1.807) is 19.2 Å². The highest BCUT2D eigenvalue weighted by atomic mass is 16.5. The fraction of sp³-hybridized carbons (Fsp3) is 0.273. The number of ether oxygens (including phenoxy) is 1. The van der Waals surface area contributed by atoms with Gasteiger partial charge in [0.1, 0.15) is 5.75 Å². The van der Waals surface area contributed by atoms with Crippen LogP contribution in [-0.4, -0.2) is 28.9 Å². The lowest BCUT2D eigenvalue weighted by molar-refractivity contribution is -0.132. The first-order valence-electron chi connectivity index (χ1n) is 8.94. The molecule has 0 aliphatic rings. The number of aromatic amines is 1. The number of nitrogens with one attached hydrogen (secondary N) is 1. The summed E-state index contributed by atoms with van der Waals surface area (Å²) in [6, 6.07) is 15.4. The second kappa shape index (κ2) is 7.96. The molecule has 0 atom stereocenters. The molecule has 3 rings (SSSR count). The molecule has 0 fully saturated rings. The highest BCUT2D eigenvalue weighted by Crippen LogP contribution is 2.24. The molecule has 1 amide bonds. The zero-order valence-electron chi connectivity index (χ0n) is 15.8. The van der Waals surface area contributed by atoms with Gasteiger partial charge in [0.05, 0.1) is 25.2 Å². The number of aromatic nitrogens is 1. The van der Waals surface area contributed by atoms with Gasteiger partial charge in [-0.1, -0.05) is 12.1 Å². The van der Waals surface area contributed by atoms with E-state index in [2.05, 4.69) is 11.1 Å². The molecular weight excluding hydrogens is 338 g/mol. The van der Waals surface area contributed by atoms with Crippen molar-refractivity contribution in [1.29, 1.82) is 5.26 Å². The van der Waals surface area contributed by atoms with E-state index in [1.165, 1.54) is 0 Å². The molecule has 3 aromatic rings. The standard InChI is InChI=1S/C22H23N3O2/c1-15(2)25(14-17-6-4-16(12-23)5-7-17)22(26)10-18-13-24-21-9-8-19(27-3)11-20(18)21/h4-9,11,13,15,24H,10,14H2,1-3H3. The molecule has 0 radical (unpaired) electrons. The maximum Gasteiger partial charge on any atom is 0.227 e. The largest absolute Gasteiger partial charge is 0.497 e. The number of rotatable bonds is 6. The van der Waals surface area contributed by atoms with Crippen molar-refractivity contribution in [3.8, 4) is 11.8 Å². The predicted molar refractivity (Wildman–Crippen MR) is 105 cm³/mol. The van der Waals surface area contributed by atoms with Gasteiger partial charge in [0.25, 0.3) is 0 Å². The molecule has 1 aromatic heterocycles. The van der Waals surface area contributed by atoms with Crippen molar-refractivity contribution in [3.63, 3.8) is 0 Å². The Morgan fingerprint density at radius 3 is 2.59 bits per heavy atom. The van der Waals surface area contributed by atoms with E-state index in [9.17, 15) is 4.79 Å². The number of benzene rings is 2. The Morgan fingerprint density at radius 2 is 1.96 bits per heavy atom. The molecule has 0 spiro atoms. The lowest BCUT2D eigenvalue weighted by Crippen LogP contribution is -2.37. The van der Waals surface area contributed by atoms with Gasteiger partial charge >= 0.3 is 0 Å². The second-order valence-corrected chi connectivity index (χ2v) is 6.83. The molecule has 0 saturated carbocycles. The molecule has 5 nitrogen and oxygen atoms in total. The number of methoxy groups -OCH3 is 1. The Morgan fingerprint density at radius 1 is 1.22 bits per heavy atom. The van der Waals surface area contributed by atoms with Gasteiger partial charge in [-0.2, -0.15) is 5.26 Å². The highest BCUT2D eigenvalue weighted by molar-refractivity contribution is 5.89. The second-order valence-electron chi connectivity index (χ2n) is 6.83. The van der Waals surface area contributed by atoms with Crippen molar-refractivity contribution in [1.82, 2.24) is 9.88 Å². The van der Waals surface area contributed by atoms with Crippen molar-refractivity contribution < 1.29 is 9.53 Å². The summed E-state index contributed by atoms with van der Waals surface area (Å²) in [6.07, 6.45) is 2.21. The molecule has 5 heteroatoms. The number of hydrogen-bond donors (Lipinski definition) is 1. The number of nitrogens with zero attached hydrogens (tertiary/aromatic N) is 2. The van der Waals surface area contributed by atoms with Gasteiger partial charge in [0, 0.05) is 29.7 Å². The first kappa shape index (κ1) is 18.5.